The number of hydrogen-bond acceptors (Lipinski definition) is 11. The van der Waals surface area contributed by atoms with E-state index < -0.39 is 79.4 Å². The molecule has 2 rings (SSSR count). The highest BCUT2D eigenvalue weighted by Crippen LogP contribution is 2.16. The van der Waals surface area contributed by atoms with Gasteiger partial charge in [-0.1, -0.05) is 12.1 Å². The van der Waals surface area contributed by atoms with Crippen molar-refractivity contribution >= 4 is 64.7 Å². The molecule has 1 aliphatic rings. The van der Waals surface area contributed by atoms with Crippen LogP contribution >= 0.6 is 12.2 Å². The molecule has 47 heavy (non-hydrogen) atoms. The Morgan fingerprint density at radius 1 is 0.830 bits per heavy atom. The first-order chi connectivity index (χ1) is 22.0. The fourth-order valence-electron chi connectivity index (χ4n) is 4.74. The summed E-state index contributed by atoms with van der Waals surface area (Å²) in [5.41, 5.74) is 1.17. The van der Waals surface area contributed by atoms with Crippen LogP contribution in [0.2, 0.25) is 0 Å². The zero-order valence-corrected chi connectivity index (χ0v) is 26.0. The van der Waals surface area contributed by atoms with Crippen LogP contribution in [0.5, 0.6) is 0 Å². The lowest BCUT2D eigenvalue weighted by molar-refractivity contribution is -0.152. The molecule has 2 unspecified atom stereocenters. The Hall–Kier alpha value is -4.98. The summed E-state index contributed by atoms with van der Waals surface area (Å²) in [7, 11) is 0. The second kappa shape index (κ2) is 18.2. The summed E-state index contributed by atoms with van der Waals surface area (Å²) >= 11 is 5.25. The van der Waals surface area contributed by atoms with Crippen LogP contribution < -0.4 is 16.0 Å². The van der Waals surface area contributed by atoms with Crippen molar-refractivity contribution < 1.29 is 59.1 Å². The maximum absolute atomic E-state index is 11.7. The second-order valence-corrected chi connectivity index (χ2v) is 11.0. The molecular weight excluding hydrogens is 644 g/mol. The monoisotopic (exact) mass is 680 g/mol. The normalized spacial score (nSPS) is 14.0. The molecule has 19 heteroatoms. The van der Waals surface area contributed by atoms with Crippen molar-refractivity contribution in [2.45, 2.75) is 31.5 Å². The number of benzene rings is 1. The van der Waals surface area contributed by atoms with Gasteiger partial charge in [0.05, 0.1) is 19.6 Å². The molecule has 256 valence electrons. The minimum absolute atomic E-state index is 0.0697. The number of nitrogens with zero attached hydrogens (tertiary/aromatic N) is 3. The Kier molecular flexibility index (Phi) is 14.8. The second-order valence-electron chi connectivity index (χ2n) is 10.6. The average Bonchev–Trinajstić information content (AvgIpc) is 3.27. The number of anilines is 1. The van der Waals surface area contributed by atoms with E-state index in [1.807, 2.05) is 0 Å². The minimum Gasteiger partial charge on any atom is -0.480 e. The minimum atomic E-state index is -1.96. The van der Waals surface area contributed by atoms with Crippen molar-refractivity contribution in [1.82, 2.24) is 25.3 Å². The number of imide groups is 1. The molecule has 1 aromatic carbocycles. The van der Waals surface area contributed by atoms with E-state index >= 15 is 0 Å². The van der Waals surface area contributed by atoms with Gasteiger partial charge in [-0.2, -0.15) is 0 Å². The summed E-state index contributed by atoms with van der Waals surface area (Å²) in [5, 5.41) is 55.2. The number of nitrogens with one attached hydrogen (secondary N) is 3. The molecule has 0 aromatic heterocycles. The van der Waals surface area contributed by atoms with Gasteiger partial charge in [-0.05, 0) is 43.3 Å². The van der Waals surface area contributed by atoms with Gasteiger partial charge in [-0.25, -0.2) is 9.59 Å². The Morgan fingerprint density at radius 2 is 1.36 bits per heavy atom. The summed E-state index contributed by atoms with van der Waals surface area (Å²) in [5.74, 6) is -8.06. The van der Waals surface area contributed by atoms with E-state index in [1.54, 1.807) is 24.3 Å². The van der Waals surface area contributed by atoms with Crippen LogP contribution in [0.25, 0.3) is 0 Å². The van der Waals surface area contributed by atoms with Crippen LogP contribution in [0.1, 0.15) is 12.5 Å². The Morgan fingerprint density at radius 3 is 1.85 bits per heavy atom. The molecule has 1 aliphatic heterocycles. The van der Waals surface area contributed by atoms with E-state index in [0.717, 1.165) is 9.80 Å². The number of rotatable bonds is 21. The number of carbonyl (C=O) groups is 7. The fraction of sp³-hybridized carbons (Fsp3) is 0.429. The van der Waals surface area contributed by atoms with E-state index in [2.05, 4.69) is 16.0 Å². The number of thiocarbonyl (C=S) groups is 1. The Bertz CT molecular complexity index is 1340. The largest absolute Gasteiger partial charge is 0.480 e. The third-order valence-corrected chi connectivity index (χ3v) is 6.95. The average molecular weight is 681 g/mol. The summed E-state index contributed by atoms with van der Waals surface area (Å²) in [6.07, 6.45) is 2.42. The molecule has 0 spiro atoms. The Labute approximate surface area is 273 Å². The molecule has 0 radical (unpaired) electrons. The lowest BCUT2D eigenvalue weighted by Gasteiger charge is -2.35. The van der Waals surface area contributed by atoms with Crippen LogP contribution in [0.15, 0.2) is 36.4 Å². The smallest absolute Gasteiger partial charge is 0.332 e. The van der Waals surface area contributed by atoms with Gasteiger partial charge in [0.25, 0.3) is 11.8 Å². The summed E-state index contributed by atoms with van der Waals surface area (Å²) in [6, 6.07) is 2.95. The molecule has 0 bridgehead atoms. The number of carboxylic acids is 5. The molecule has 0 aliphatic carbocycles. The highest BCUT2D eigenvalue weighted by molar-refractivity contribution is 7.80. The van der Waals surface area contributed by atoms with Crippen LogP contribution in [0, 0.1) is 0 Å². The zero-order chi connectivity index (χ0) is 35.3. The molecule has 0 saturated carbocycles. The number of carboxylic acid groups (broad SMARTS) is 5. The Balaban J connectivity index is 2.18. The van der Waals surface area contributed by atoms with E-state index in [0.29, 0.717) is 11.3 Å². The molecular formula is C28H36N6O12S. The summed E-state index contributed by atoms with van der Waals surface area (Å²) < 4.78 is 0. The molecule has 1 aromatic rings. The van der Waals surface area contributed by atoms with Crippen molar-refractivity contribution in [3.63, 3.8) is 0 Å². The summed E-state index contributed by atoms with van der Waals surface area (Å²) in [6.45, 7) is -0.557. The SMILES string of the molecule is CC(CN(CC(=O)O)CC(Cc1ccc(NC(=S)NCCN2C(=O)C=CC2=O)cc1)N(CC(=O)O)CC(=O)O)NC(C(=O)O)C(=O)O. The van der Waals surface area contributed by atoms with Crippen molar-refractivity contribution in [3.05, 3.63) is 42.0 Å². The number of aliphatic carboxylic acids is 5. The van der Waals surface area contributed by atoms with E-state index in [-0.39, 0.29) is 37.7 Å². The van der Waals surface area contributed by atoms with Crippen molar-refractivity contribution in [3.8, 4) is 0 Å². The van der Waals surface area contributed by atoms with Gasteiger partial charge in [0, 0.05) is 56.1 Å². The molecule has 2 amide bonds. The topological polar surface area (TPSA) is 266 Å². The molecule has 18 nitrogen and oxygen atoms in total. The van der Waals surface area contributed by atoms with Crippen LogP contribution in [0.4, 0.5) is 5.69 Å². The number of amides is 2. The number of hydrogen-bond donors (Lipinski definition) is 8. The third kappa shape index (κ3) is 13.5. The number of carbonyl (C=O) groups excluding carboxylic acids is 2. The van der Waals surface area contributed by atoms with Crippen molar-refractivity contribution in [2.75, 3.05) is 51.1 Å². The quantitative estimate of drug-likeness (QED) is 0.0404. The molecule has 0 saturated heterocycles. The first kappa shape index (κ1) is 38.2. The maximum Gasteiger partial charge on any atom is 0.332 e. The van der Waals surface area contributed by atoms with Gasteiger partial charge in [0.1, 0.15) is 0 Å². The first-order valence-corrected chi connectivity index (χ1v) is 14.5. The van der Waals surface area contributed by atoms with Gasteiger partial charge < -0.3 is 36.2 Å². The predicted molar refractivity (Wildman–Crippen MR) is 167 cm³/mol. The highest BCUT2D eigenvalue weighted by atomic mass is 32.1. The lowest BCUT2D eigenvalue weighted by atomic mass is 10.0. The summed E-state index contributed by atoms with van der Waals surface area (Å²) in [4.78, 5) is 84.4. The first-order valence-electron chi connectivity index (χ1n) is 14.1. The van der Waals surface area contributed by atoms with E-state index in [1.165, 1.54) is 24.0 Å². The standard InChI is InChI=1S/C28H36N6O12S/c1-16(30-25(26(43)44)27(45)46)11-32(13-22(37)38)12-19(33(14-23(39)40)15-24(41)42)10-17-2-4-18(5-3-17)31-28(47)29-8-9-34-20(35)6-7-21(34)36/h2-7,16,19,25,30H,8-15H2,1H3,(H,37,38)(H,39,40)(H,41,42)(H,43,44)(H,45,46)(H2,29,31,47). The van der Waals surface area contributed by atoms with Crippen LogP contribution in [0.3, 0.4) is 0 Å². The zero-order valence-electron chi connectivity index (χ0n) is 25.2. The van der Waals surface area contributed by atoms with Crippen LogP contribution in [-0.2, 0) is 40.0 Å². The maximum atomic E-state index is 11.7. The van der Waals surface area contributed by atoms with Gasteiger partial charge >= 0.3 is 29.8 Å². The lowest BCUT2D eigenvalue weighted by Crippen LogP contribution is -2.54. The van der Waals surface area contributed by atoms with Crippen molar-refractivity contribution in [1.29, 1.82) is 0 Å². The van der Waals surface area contributed by atoms with E-state index in [4.69, 9.17) is 12.2 Å². The van der Waals surface area contributed by atoms with E-state index in [9.17, 15) is 59.1 Å². The highest BCUT2D eigenvalue weighted by Gasteiger charge is 2.30. The van der Waals surface area contributed by atoms with Crippen LogP contribution in [-0.4, -0.2) is 151 Å². The predicted octanol–water partition coefficient (Wildman–Crippen LogP) is -1.82. The fourth-order valence-corrected chi connectivity index (χ4v) is 4.96. The van der Waals surface area contributed by atoms with Gasteiger partial charge in [-0.3, -0.25) is 44.0 Å². The molecule has 2 atom stereocenters. The molecule has 1 heterocycles. The van der Waals surface area contributed by atoms with Gasteiger partial charge in [0.2, 0.25) is 6.04 Å². The third-order valence-electron chi connectivity index (χ3n) is 6.70. The molecule has 8 N–H and O–H groups in total. The molecule has 0 fully saturated rings. The van der Waals surface area contributed by atoms with Crippen molar-refractivity contribution in [2.24, 2.45) is 0 Å². The van der Waals surface area contributed by atoms with Gasteiger partial charge in [-0.15, -0.1) is 0 Å². The van der Waals surface area contributed by atoms with Gasteiger partial charge in [0.15, 0.2) is 5.11 Å².